The summed E-state index contributed by atoms with van der Waals surface area (Å²) in [5, 5.41) is 3.19. The van der Waals surface area contributed by atoms with Gasteiger partial charge in [-0.2, -0.15) is 0 Å². The lowest BCUT2D eigenvalue weighted by atomic mass is 10.2. The highest BCUT2D eigenvalue weighted by Gasteiger charge is 2.07. The van der Waals surface area contributed by atoms with Crippen LogP contribution < -0.4 is 10.1 Å². The van der Waals surface area contributed by atoms with E-state index in [1.165, 1.54) is 0 Å². The maximum absolute atomic E-state index is 11.8. The third-order valence-corrected chi connectivity index (χ3v) is 3.78. The molecule has 2 aromatic carbocycles. The van der Waals surface area contributed by atoms with Gasteiger partial charge in [0.2, 0.25) is 0 Å². The number of anilines is 1. The molecule has 0 fully saturated rings. The number of hydrogen-bond acceptors (Lipinski definition) is 3. The van der Waals surface area contributed by atoms with Crippen LogP contribution >= 0.6 is 23.4 Å². The van der Waals surface area contributed by atoms with Crippen molar-refractivity contribution in [1.82, 2.24) is 0 Å². The van der Waals surface area contributed by atoms with Gasteiger partial charge in [-0.1, -0.05) is 17.7 Å². The number of amides is 1. The van der Waals surface area contributed by atoms with Crippen molar-refractivity contribution in [3.8, 4) is 5.75 Å². The molecule has 3 nitrogen and oxygen atoms in total. The molecule has 0 radical (unpaired) electrons. The summed E-state index contributed by atoms with van der Waals surface area (Å²) in [6, 6.07) is 12.4. The van der Waals surface area contributed by atoms with Gasteiger partial charge >= 0.3 is 6.09 Å². The first-order valence-corrected chi connectivity index (χ1v) is 7.58. The maximum atomic E-state index is 11.8. The number of halogens is 1. The molecule has 104 valence electrons. The summed E-state index contributed by atoms with van der Waals surface area (Å²) in [6.45, 7) is 1.98. The van der Waals surface area contributed by atoms with Crippen molar-refractivity contribution >= 4 is 35.1 Å². The van der Waals surface area contributed by atoms with Crippen molar-refractivity contribution in [1.29, 1.82) is 0 Å². The van der Waals surface area contributed by atoms with Crippen molar-refractivity contribution in [3.05, 3.63) is 53.1 Å². The smallest absolute Gasteiger partial charge is 0.410 e. The van der Waals surface area contributed by atoms with Gasteiger partial charge in [-0.15, -0.1) is 11.8 Å². The summed E-state index contributed by atoms with van der Waals surface area (Å²) < 4.78 is 5.24. The van der Waals surface area contributed by atoms with Crippen molar-refractivity contribution < 1.29 is 9.53 Å². The minimum Gasteiger partial charge on any atom is -0.410 e. The van der Waals surface area contributed by atoms with E-state index < -0.39 is 6.09 Å². The molecule has 0 saturated heterocycles. The van der Waals surface area contributed by atoms with Gasteiger partial charge in [0.1, 0.15) is 5.75 Å². The van der Waals surface area contributed by atoms with E-state index in [0.29, 0.717) is 16.5 Å². The molecule has 0 unspecified atom stereocenters. The van der Waals surface area contributed by atoms with E-state index in [-0.39, 0.29) is 0 Å². The average Bonchev–Trinajstić information content (AvgIpc) is 2.38. The standard InChI is InChI=1S/C15H14ClNO2S/c1-10-8-13(6-7-14(10)20-2)19-15(18)17-12-5-3-4-11(16)9-12/h3-9H,1-2H3,(H,17,18). The molecule has 0 aliphatic rings. The zero-order chi connectivity index (χ0) is 14.5. The molecule has 20 heavy (non-hydrogen) atoms. The summed E-state index contributed by atoms with van der Waals surface area (Å²) in [4.78, 5) is 12.9. The maximum Gasteiger partial charge on any atom is 0.417 e. The molecule has 0 saturated carbocycles. The van der Waals surface area contributed by atoms with Crippen LogP contribution in [-0.2, 0) is 0 Å². The fraction of sp³-hybridized carbons (Fsp3) is 0.133. The van der Waals surface area contributed by atoms with Crippen molar-refractivity contribution in [2.75, 3.05) is 11.6 Å². The molecule has 2 aromatic rings. The van der Waals surface area contributed by atoms with Crippen LogP contribution in [0.1, 0.15) is 5.56 Å². The molecule has 5 heteroatoms. The Morgan fingerprint density at radius 1 is 1.25 bits per heavy atom. The van der Waals surface area contributed by atoms with Gasteiger partial charge in [0.25, 0.3) is 0 Å². The second-order valence-electron chi connectivity index (χ2n) is 4.16. The van der Waals surface area contributed by atoms with Crippen LogP contribution in [0.5, 0.6) is 5.75 Å². The van der Waals surface area contributed by atoms with Crippen molar-refractivity contribution in [3.63, 3.8) is 0 Å². The summed E-state index contributed by atoms with van der Waals surface area (Å²) in [5.41, 5.74) is 1.67. The minimum atomic E-state index is -0.538. The number of carbonyl (C=O) groups is 1. The molecular weight excluding hydrogens is 294 g/mol. The third kappa shape index (κ3) is 3.92. The molecule has 1 amide bonds. The third-order valence-electron chi connectivity index (χ3n) is 2.65. The Morgan fingerprint density at radius 3 is 2.70 bits per heavy atom. The van der Waals surface area contributed by atoms with Crippen LogP contribution in [0.3, 0.4) is 0 Å². The average molecular weight is 308 g/mol. The van der Waals surface area contributed by atoms with Gasteiger partial charge in [-0.3, -0.25) is 5.32 Å². The van der Waals surface area contributed by atoms with Crippen LogP contribution in [0.25, 0.3) is 0 Å². The Balaban J connectivity index is 2.03. The molecule has 0 atom stereocenters. The van der Waals surface area contributed by atoms with Crippen LogP contribution in [0.4, 0.5) is 10.5 Å². The summed E-state index contributed by atoms with van der Waals surface area (Å²) in [7, 11) is 0. The van der Waals surface area contributed by atoms with Crippen LogP contribution in [0.2, 0.25) is 5.02 Å². The molecule has 0 spiro atoms. The zero-order valence-electron chi connectivity index (χ0n) is 11.1. The Bertz CT molecular complexity index is 631. The quantitative estimate of drug-likeness (QED) is 0.813. The molecule has 2 rings (SSSR count). The monoisotopic (exact) mass is 307 g/mol. The molecule has 0 bridgehead atoms. The molecule has 0 aromatic heterocycles. The largest absolute Gasteiger partial charge is 0.417 e. The number of benzene rings is 2. The zero-order valence-corrected chi connectivity index (χ0v) is 12.7. The van der Waals surface area contributed by atoms with E-state index in [1.807, 2.05) is 25.3 Å². The lowest BCUT2D eigenvalue weighted by Gasteiger charge is -2.09. The van der Waals surface area contributed by atoms with Crippen LogP contribution in [-0.4, -0.2) is 12.3 Å². The summed E-state index contributed by atoms with van der Waals surface area (Å²) in [5.74, 6) is 0.514. The van der Waals surface area contributed by atoms with Gasteiger partial charge in [0.05, 0.1) is 0 Å². The lowest BCUT2D eigenvalue weighted by Crippen LogP contribution is -2.16. The Morgan fingerprint density at radius 2 is 2.05 bits per heavy atom. The topological polar surface area (TPSA) is 38.3 Å². The molecule has 0 heterocycles. The first kappa shape index (κ1) is 14.8. The van der Waals surface area contributed by atoms with E-state index in [0.717, 1.165) is 10.5 Å². The van der Waals surface area contributed by atoms with E-state index in [4.69, 9.17) is 16.3 Å². The number of aryl methyl sites for hydroxylation is 1. The number of carbonyl (C=O) groups excluding carboxylic acids is 1. The van der Waals surface area contributed by atoms with Gasteiger partial charge < -0.3 is 4.74 Å². The second kappa shape index (κ2) is 6.68. The van der Waals surface area contributed by atoms with Gasteiger partial charge in [-0.05, 0) is 55.1 Å². The number of nitrogens with one attached hydrogen (secondary N) is 1. The van der Waals surface area contributed by atoms with Crippen molar-refractivity contribution in [2.24, 2.45) is 0 Å². The SMILES string of the molecule is CSc1ccc(OC(=O)Nc2cccc(Cl)c2)cc1C. The predicted octanol–water partition coefficient (Wildman–Crippen LogP) is 4.98. The van der Waals surface area contributed by atoms with Crippen molar-refractivity contribution in [2.45, 2.75) is 11.8 Å². The summed E-state index contributed by atoms with van der Waals surface area (Å²) in [6.07, 6.45) is 1.47. The first-order valence-electron chi connectivity index (χ1n) is 5.97. The Kier molecular flexibility index (Phi) is 4.93. The van der Waals surface area contributed by atoms with Gasteiger partial charge in [0, 0.05) is 15.6 Å². The lowest BCUT2D eigenvalue weighted by molar-refractivity contribution is 0.215. The highest BCUT2D eigenvalue weighted by molar-refractivity contribution is 7.98. The van der Waals surface area contributed by atoms with Gasteiger partial charge in [0.15, 0.2) is 0 Å². The van der Waals surface area contributed by atoms with E-state index in [2.05, 4.69) is 5.32 Å². The Labute approximate surface area is 127 Å². The molecule has 1 N–H and O–H groups in total. The Hall–Kier alpha value is -1.65. The number of thioether (sulfide) groups is 1. The predicted molar refractivity (Wildman–Crippen MR) is 84.1 cm³/mol. The van der Waals surface area contributed by atoms with E-state index in [1.54, 1.807) is 42.1 Å². The molecule has 0 aliphatic heterocycles. The number of hydrogen-bond donors (Lipinski definition) is 1. The van der Waals surface area contributed by atoms with Gasteiger partial charge in [-0.25, -0.2) is 4.79 Å². The van der Waals surface area contributed by atoms with Crippen LogP contribution in [0.15, 0.2) is 47.4 Å². The highest BCUT2D eigenvalue weighted by atomic mass is 35.5. The molecule has 0 aliphatic carbocycles. The highest BCUT2D eigenvalue weighted by Crippen LogP contribution is 2.24. The normalized spacial score (nSPS) is 10.2. The second-order valence-corrected chi connectivity index (χ2v) is 5.44. The number of ether oxygens (including phenoxy) is 1. The minimum absolute atomic E-state index is 0.514. The van der Waals surface area contributed by atoms with E-state index >= 15 is 0 Å². The van der Waals surface area contributed by atoms with Crippen LogP contribution in [0, 0.1) is 6.92 Å². The molecular formula is C15H14ClNO2S. The number of rotatable bonds is 3. The summed E-state index contributed by atoms with van der Waals surface area (Å²) >= 11 is 7.50. The fourth-order valence-electron chi connectivity index (χ4n) is 1.73. The van der Waals surface area contributed by atoms with E-state index in [9.17, 15) is 4.79 Å². The fourth-order valence-corrected chi connectivity index (χ4v) is 2.51. The first-order chi connectivity index (χ1) is 9.58.